The number of hydrogen-bond acceptors (Lipinski definition) is 5. The van der Waals surface area contributed by atoms with Gasteiger partial charge in [-0.15, -0.1) is 0 Å². The van der Waals surface area contributed by atoms with Crippen LogP contribution in [-0.4, -0.2) is 35.8 Å². The molecule has 0 aromatic carbocycles. The van der Waals surface area contributed by atoms with Gasteiger partial charge in [-0.1, -0.05) is 20.3 Å². The molecule has 0 amide bonds. The van der Waals surface area contributed by atoms with Crippen molar-refractivity contribution in [1.29, 1.82) is 0 Å². The van der Waals surface area contributed by atoms with Crippen molar-refractivity contribution in [2.75, 3.05) is 30.3 Å². The molecule has 1 rings (SSSR count). The Bertz CT molecular complexity index is 384. The average molecular weight is 280 g/mol. The largest absolute Gasteiger partial charge is 0.377 e. The molecule has 0 radical (unpaired) electrons. The van der Waals surface area contributed by atoms with Crippen LogP contribution >= 0.6 is 0 Å². The van der Waals surface area contributed by atoms with Gasteiger partial charge in [0, 0.05) is 25.3 Å². The summed E-state index contributed by atoms with van der Waals surface area (Å²) in [6, 6.07) is 0. The number of anilines is 2. The van der Waals surface area contributed by atoms with Crippen LogP contribution in [0.2, 0.25) is 0 Å². The fraction of sp³-hybridized carbons (Fsp3) is 0.733. The summed E-state index contributed by atoms with van der Waals surface area (Å²) in [4.78, 5) is 8.75. The lowest BCUT2D eigenvalue weighted by atomic mass is 10.1. The second-order valence-electron chi connectivity index (χ2n) is 4.87. The molecule has 1 aromatic heterocycles. The third kappa shape index (κ3) is 5.33. The number of hydrogen-bond donors (Lipinski definition) is 2. The highest BCUT2D eigenvalue weighted by atomic mass is 16.5. The summed E-state index contributed by atoms with van der Waals surface area (Å²) in [6.45, 7) is 10.8. The Morgan fingerprint density at radius 3 is 2.40 bits per heavy atom. The third-order valence-electron chi connectivity index (χ3n) is 3.00. The fourth-order valence-corrected chi connectivity index (χ4v) is 2.03. The number of nitrogens with zero attached hydrogens (tertiary/aromatic N) is 2. The molecule has 1 aromatic rings. The zero-order chi connectivity index (χ0) is 14.8. The van der Waals surface area contributed by atoms with Crippen LogP contribution in [0.5, 0.6) is 0 Å². The van der Waals surface area contributed by atoms with Crippen molar-refractivity contribution in [1.82, 2.24) is 9.97 Å². The van der Waals surface area contributed by atoms with Crippen LogP contribution in [0.25, 0.3) is 0 Å². The Balaban J connectivity index is 2.77. The van der Waals surface area contributed by atoms with E-state index in [4.69, 9.17) is 4.74 Å². The molecule has 0 saturated heterocycles. The zero-order valence-electron chi connectivity index (χ0n) is 13.2. The maximum absolute atomic E-state index is 5.54. The van der Waals surface area contributed by atoms with Crippen LogP contribution in [0.1, 0.15) is 46.1 Å². The molecule has 0 saturated carbocycles. The Hall–Kier alpha value is -1.36. The van der Waals surface area contributed by atoms with Crippen LogP contribution in [0.4, 0.5) is 11.6 Å². The Morgan fingerprint density at radius 1 is 1.10 bits per heavy atom. The first kappa shape index (κ1) is 16.7. The first-order chi connectivity index (χ1) is 9.72. The van der Waals surface area contributed by atoms with E-state index in [2.05, 4.69) is 41.4 Å². The standard InChI is InChI=1S/C15H28N4O/c1-5-8-13-14(16-9-6-2)18-11-19-15(13)17-10-12(4)20-7-3/h11-12H,5-10H2,1-4H3,(H2,16,17,18,19). The van der Waals surface area contributed by atoms with Gasteiger partial charge in [0.05, 0.1) is 6.10 Å². The summed E-state index contributed by atoms with van der Waals surface area (Å²) >= 11 is 0. The van der Waals surface area contributed by atoms with Crippen LogP contribution in [0.15, 0.2) is 6.33 Å². The van der Waals surface area contributed by atoms with Crippen molar-refractivity contribution in [3.63, 3.8) is 0 Å². The van der Waals surface area contributed by atoms with Gasteiger partial charge in [-0.3, -0.25) is 0 Å². The van der Waals surface area contributed by atoms with Crippen LogP contribution in [0, 0.1) is 0 Å². The van der Waals surface area contributed by atoms with Gasteiger partial charge in [0.1, 0.15) is 18.0 Å². The fourth-order valence-electron chi connectivity index (χ4n) is 2.03. The lowest BCUT2D eigenvalue weighted by Gasteiger charge is -2.17. The minimum atomic E-state index is 0.177. The van der Waals surface area contributed by atoms with Gasteiger partial charge in [-0.25, -0.2) is 9.97 Å². The Kier molecular flexibility index (Phi) is 7.95. The number of aromatic nitrogens is 2. The summed E-state index contributed by atoms with van der Waals surface area (Å²) in [5.74, 6) is 1.88. The molecule has 1 atom stereocenters. The molecule has 2 N–H and O–H groups in total. The molecular formula is C15H28N4O. The van der Waals surface area contributed by atoms with E-state index in [0.29, 0.717) is 0 Å². The van der Waals surface area contributed by atoms with Gasteiger partial charge in [0.15, 0.2) is 0 Å². The lowest BCUT2D eigenvalue weighted by Crippen LogP contribution is -2.21. The van der Waals surface area contributed by atoms with E-state index in [9.17, 15) is 0 Å². The van der Waals surface area contributed by atoms with E-state index in [1.54, 1.807) is 6.33 Å². The molecule has 0 aliphatic heterocycles. The minimum absolute atomic E-state index is 0.177. The highest BCUT2D eigenvalue weighted by Gasteiger charge is 2.11. The summed E-state index contributed by atoms with van der Waals surface area (Å²) in [6.07, 6.45) is 4.92. The maximum atomic E-state index is 5.54. The quantitative estimate of drug-likeness (QED) is 0.689. The van der Waals surface area contributed by atoms with Crippen LogP contribution < -0.4 is 10.6 Å². The highest BCUT2D eigenvalue weighted by Crippen LogP contribution is 2.21. The first-order valence-corrected chi connectivity index (χ1v) is 7.66. The van der Waals surface area contributed by atoms with Gasteiger partial charge < -0.3 is 15.4 Å². The molecule has 0 aliphatic rings. The highest BCUT2D eigenvalue weighted by molar-refractivity contribution is 5.57. The normalized spacial score (nSPS) is 12.2. The van der Waals surface area contributed by atoms with Crippen molar-refractivity contribution in [2.45, 2.75) is 53.1 Å². The molecule has 114 valence electrons. The Morgan fingerprint density at radius 2 is 1.80 bits per heavy atom. The van der Waals surface area contributed by atoms with Crippen molar-refractivity contribution in [3.05, 3.63) is 11.9 Å². The van der Waals surface area contributed by atoms with Gasteiger partial charge in [0.2, 0.25) is 0 Å². The number of rotatable bonds is 10. The molecule has 5 heteroatoms. The molecule has 1 heterocycles. The van der Waals surface area contributed by atoms with Crippen molar-refractivity contribution in [2.24, 2.45) is 0 Å². The second-order valence-corrected chi connectivity index (χ2v) is 4.87. The van der Waals surface area contributed by atoms with Crippen LogP contribution in [0.3, 0.4) is 0 Å². The first-order valence-electron chi connectivity index (χ1n) is 7.66. The molecule has 0 aliphatic carbocycles. The third-order valence-corrected chi connectivity index (χ3v) is 3.00. The summed E-state index contributed by atoms with van der Waals surface area (Å²) in [5, 5.41) is 6.76. The van der Waals surface area contributed by atoms with Gasteiger partial charge in [0.25, 0.3) is 0 Å². The van der Waals surface area contributed by atoms with E-state index >= 15 is 0 Å². The molecular weight excluding hydrogens is 252 g/mol. The predicted octanol–water partition coefficient (Wildman–Crippen LogP) is 3.09. The lowest BCUT2D eigenvalue weighted by molar-refractivity contribution is 0.0854. The van der Waals surface area contributed by atoms with Crippen molar-refractivity contribution >= 4 is 11.6 Å². The average Bonchev–Trinajstić information content (AvgIpc) is 2.45. The van der Waals surface area contributed by atoms with E-state index < -0.39 is 0 Å². The Labute approximate surface area is 122 Å². The monoisotopic (exact) mass is 280 g/mol. The van der Waals surface area contributed by atoms with E-state index in [1.807, 2.05) is 6.92 Å². The van der Waals surface area contributed by atoms with E-state index in [0.717, 1.165) is 50.6 Å². The van der Waals surface area contributed by atoms with Crippen LogP contribution in [-0.2, 0) is 11.2 Å². The van der Waals surface area contributed by atoms with Gasteiger partial charge >= 0.3 is 0 Å². The SMILES string of the molecule is CCCNc1ncnc(NCC(C)OCC)c1CCC. The molecule has 0 spiro atoms. The molecule has 0 bridgehead atoms. The van der Waals surface area contributed by atoms with E-state index in [1.165, 1.54) is 5.56 Å². The second kappa shape index (κ2) is 9.53. The predicted molar refractivity (Wildman–Crippen MR) is 84.4 cm³/mol. The number of ether oxygens (including phenoxy) is 1. The van der Waals surface area contributed by atoms with Crippen molar-refractivity contribution in [3.8, 4) is 0 Å². The minimum Gasteiger partial charge on any atom is -0.377 e. The number of nitrogens with one attached hydrogen (secondary N) is 2. The summed E-state index contributed by atoms with van der Waals surface area (Å²) < 4.78 is 5.54. The zero-order valence-corrected chi connectivity index (χ0v) is 13.2. The van der Waals surface area contributed by atoms with Crippen molar-refractivity contribution < 1.29 is 4.74 Å². The molecule has 1 unspecified atom stereocenters. The van der Waals surface area contributed by atoms with Gasteiger partial charge in [-0.2, -0.15) is 0 Å². The van der Waals surface area contributed by atoms with E-state index in [-0.39, 0.29) is 6.10 Å². The topological polar surface area (TPSA) is 59.1 Å². The summed E-state index contributed by atoms with van der Waals surface area (Å²) in [7, 11) is 0. The molecule has 0 fully saturated rings. The molecule has 5 nitrogen and oxygen atoms in total. The summed E-state index contributed by atoms with van der Waals surface area (Å²) in [5.41, 5.74) is 1.17. The molecule has 20 heavy (non-hydrogen) atoms. The smallest absolute Gasteiger partial charge is 0.134 e. The van der Waals surface area contributed by atoms with Gasteiger partial charge in [-0.05, 0) is 26.7 Å². The maximum Gasteiger partial charge on any atom is 0.134 e.